The van der Waals surface area contributed by atoms with Gasteiger partial charge < -0.3 is 9.84 Å². The van der Waals surface area contributed by atoms with Crippen molar-refractivity contribution < 1.29 is 27.8 Å². The van der Waals surface area contributed by atoms with Crippen LogP contribution in [0, 0.1) is 0 Å². The van der Waals surface area contributed by atoms with Gasteiger partial charge in [0.25, 0.3) is 0 Å². The number of halogens is 3. The Morgan fingerprint density at radius 3 is 2.63 bits per heavy atom. The van der Waals surface area contributed by atoms with E-state index in [9.17, 15) is 23.1 Å². The second kappa shape index (κ2) is 4.42. The van der Waals surface area contributed by atoms with Gasteiger partial charge in [0.05, 0.1) is 12.7 Å². The van der Waals surface area contributed by atoms with Gasteiger partial charge in [0.2, 0.25) is 0 Å². The number of hydrogen-bond acceptors (Lipinski definition) is 4. The summed E-state index contributed by atoms with van der Waals surface area (Å²) in [7, 11) is 0.958. The number of para-hydroxylation sites is 1. The largest absolute Gasteiger partial charge is 0.506 e. The van der Waals surface area contributed by atoms with Gasteiger partial charge in [-0.3, -0.25) is 0 Å². The van der Waals surface area contributed by atoms with E-state index >= 15 is 0 Å². The van der Waals surface area contributed by atoms with Gasteiger partial charge in [-0.25, -0.2) is 9.78 Å². The number of aromatic hydroxyl groups is 1. The van der Waals surface area contributed by atoms with Gasteiger partial charge in [0.15, 0.2) is 5.69 Å². The molecule has 7 heteroatoms. The number of carbonyl (C=O) groups is 1. The second-order valence-electron chi connectivity index (χ2n) is 3.72. The lowest BCUT2D eigenvalue weighted by Gasteiger charge is -2.12. The number of phenols is 1. The summed E-state index contributed by atoms with van der Waals surface area (Å²) >= 11 is 0. The number of methoxy groups -OCH3 is 1. The second-order valence-corrected chi connectivity index (χ2v) is 3.72. The minimum absolute atomic E-state index is 0.0833. The predicted molar refractivity (Wildman–Crippen MR) is 59.7 cm³/mol. The van der Waals surface area contributed by atoms with E-state index in [0.29, 0.717) is 0 Å². The number of rotatable bonds is 1. The summed E-state index contributed by atoms with van der Waals surface area (Å²) in [6, 6.07) is 4.77. The van der Waals surface area contributed by atoms with E-state index in [0.717, 1.165) is 13.2 Å². The average Bonchev–Trinajstić information content (AvgIpc) is 2.36. The topological polar surface area (TPSA) is 59.4 Å². The van der Waals surface area contributed by atoms with Crippen molar-refractivity contribution in [3.05, 3.63) is 35.5 Å². The van der Waals surface area contributed by atoms with Gasteiger partial charge in [-0.15, -0.1) is 0 Å². The third-order valence-electron chi connectivity index (χ3n) is 2.51. The van der Waals surface area contributed by atoms with Gasteiger partial charge in [-0.1, -0.05) is 12.1 Å². The van der Waals surface area contributed by atoms with Crippen molar-refractivity contribution >= 4 is 16.9 Å². The number of phenolic OH excluding ortho intramolecular Hbond substituents is 1. The normalized spacial score (nSPS) is 11.6. The monoisotopic (exact) mass is 271 g/mol. The van der Waals surface area contributed by atoms with Crippen LogP contribution in [-0.2, 0) is 10.9 Å². The molecule has 100 valence electrons. The Morgan fingerprint density at radius 1 is 1.37 bits per heavy atom. The van der Waals surface area contributed by atoms with Crippen molar-refractivity contribution in [2.24, 2.45) is 0 Å². The number of ether oxygens (including phenoxy) is 1. The van der Waals surface area contributed by atoms with Crippen LogP contribution in [0.5, 0.6) is 5.75 Å². The number of esters is 1. The van der Waals surface area contributed by atoms with E-state index in [1.807, 2.05) is 0 Å². The number of nitrogens with zero attached hydrogens (tertiary/aromatic N) is 1. The molecule has 1 aromatic carbocycles. The molecule has 0 unspecified atom stereocenters. The molecular weight excluding hydrogens is 263 g/mol. The molecule has 0 bridgehead atoms. The minimum Gasteiger partial charge on any atom is -0.506 e. The van der Waals surface area contributed by atoms with Crippen molar-refractivity contribution in [2.45, 2.75) is 6.18 Å². The molecule has 4 nitrogen and oxygen atoms in total. The van der Waals surface area contributed by atoms with E-state index in [1.54, 1.807) is 0 Å². The Labute approximate surface area is 105 Å². The van der Waals surface area contributed by atoms with Crippen LogP contribution < -0.4 is 0 Å². The molecule has 0 aliphatic heterocycles. The zero-order valence-electron chi connectivity index (χ0n) is 9.65. The molecule has 0 fully saturated rings. The number of carbonyl (C=O) groups excluding carboxylic acids is 1. The zero-order valence-corrected chi connectivity index (χ0v) is 9.65. The van der Waals surface area contributed by atoms with E-state index in [1.165, 1.54) is 18.2 Å². The van der Waals surface area contributed by atoms with Crippen molar-refractivity contribution in [1.82, 2.24) is 4.98 Å². The third kappa shape index (κ3) is 2.31. The molecule has 0 spiro atoms. The zero-order chi connectivity index (χ0) is 14.2. The Kier molecular flexibility index (Phi) is 3.05. The third-order valence-corrected chi connectivity index (χ3v) is 2.51. The first-order valence-electron chi connectivity index (χ1n) is 5.13. The van der Waals surface area contributed by atoms with Gasteiger partial charge in [-0.05, 0) is 12.1 Å². The molecule has 0 aliphatic carbocycles. The number of fused-ring (bicyclic) bond motifs is 1. The van der Waals surface area contributed by atoms with Crippen LogP contribution in [0.25, 0.3) is 10.9 Å². The lowest BCUT2D eigenvalue weighted by molar-refractivity contribution is -0.138. The van der Waals surface area contributed by atoms with Crippen molar-refractivity contribution in [2.75, 3.05) is 7.11 Å². The Balaban J connectivity index is 2.82. The molecule has 0 aliphatic rings. The quantitative estimate of drug-likeness (QED) is 0.810. The Bertz CT molecular complexity index is 652. The van der Waals surface area contributed by atoms with Crippen LogP contribution in [0.3, 0.4) is 0 Å². The summed E-state index contributed by atoms with van der Waals surface area (Å²) in [4.78, 5) is 14.9. The lowest BCUT2D eigenvalue weighted by Crippen LogP contribution is -2.16. The summed E-state index contributed by atoms with van der Waals surface area (Å²) in [5.74, 6) is -1.52. The number of hydrogen-bond donors (Lipinski definition) is 1. The highest BCUT2D eigenvalue weighted by atomic mass is 19.4. The van der Waals surface area contributed by atoms with Crippen molar-refractivity contribution in [3.63, 3.8) is 0 Å². The van der Waals surface area contributed by atoms with E-state index in [2.05, 4.69) is 9.72 Å². The van der Waals surface area contributed by atoms with Crippen molar-refractivity contribution in [1.29, 1.82) is 0 Å². The molecule has 0 atom stereocenters. The fourth-order valence-electron chi connectivity index (χ4n) is 1.65. The summed E-state index contributed by atoms with van der Waals surface area (Å²) in [5, 5.41) is 9.63. The van der Waals surface area contributed by atoms with Crippen LogP contribution in [0.1, 0.15) is 16.1 Å². The molecule has 1 heterocycles. The molecule has 1 aromatic heterocycles. The highest BCUT2D eigenvalue weighted by Crippen LogP contribution is 2.35. The maximum Gasteiger partial charge on any atom is 0.418 e. The molecule has 2 rings (SSSR count). The lowest BCUT2D eigenvalue weighted by atomic mass is 10.1. The van der Waals surface area contributed by atoms with E-state index in [-0.39, 0.29) is 16.7 Å². The Morgan fingerprint density at radius 2 is 2.05 bits per heavy atom. The molecule has 1 N–H and O–H groups in total. The molecule has 0 saturated heterocycles. The van der Waals surface area contributed by atoms with Crippen LogP contribution >= 0.6 is 0 Å². The first kappa shape index (κ1) is 13.1. The predicted octanol–water partition coefficient (Wildman–Crippen LogP) is 2.75. The smallest absolute Gasteiger partial charge is 0.418 e. The maximum atomic E-state index is 12.9. The fraction of sp³-hybridized carbons (Fsp3) is 0.167. The average molecular weight is 271 g/mol. The molecule has 2 aromatic rings. The summed E-state index contributed by atoms with van der Waals surface area (Å²) < 4.78 is 42.9. The molecular formula is C12H8F3NO3. The highest BCUT2D eigenvalue weighted by molar-refractivity contribution is 5.94. The SMILES string of the molecule is COC(=O)c1nc2c(O)cccc2cc1C(F)(F)F. The van der Waals surface area contributed by atoms with Gasteiger partial charge in [0.1, 0.15) is 11.3 Å². The number of alkyl halides is 3. The first-order chi connectivity index (χ1) is 8.84. The van der Waals surface area contributed by atoms with Crippen LogP contribution in [-0.4, -0.2) is 23.2 Å². The van der Waals surface area contributed by atoms with Gasteiger partial charge in [0, 0.05) is 5.39 Å². The van der Waals surface area contributed by atoms with E-state index in [4.69, 9.17) is 0 Å². The number of aromatic nitrogens is 1. The summed E-state index contributed by atoms with van der Waals surface area (Å²) in [6.45, 7) is 0. The Hall–Kier alpha value is -2.31. The molecule has 19 heavy (non-hydrogen) atoms. The van der Waals surface area contributed by atoms with Crippen LogP contribution in [0.4, 0.5) is 13.2 Å². The van der Waals surface area contributed by atoms with Crippen molar-refractivity contribution in [3.8, 4) is 5.75 Å². The number of pyridine rings is 1. The van der Waals surface area contributed by atoms with Crippen LogP contribution in [0.2, 0.25) is 0 Å². The highest BCUT2D eigenvalue weighted by Gasteiger charge is 2.37. The maximum absolute atomic E-state index is 12.9. The molecule has 0 radical (unpaired) electrons. The van der Waals surface area contributed by atoms with Gasteiger partial charge in [-0.2, -0.15) is 13.2 Å². The van der Waals surface area contributed by atoms with E-state index < -0.39 is 23.4 Å². The fourth-order valence-corrected chi connectivity index (χ4v) is 1.65. The molecule has 0 saturated carbocycles. The number of benzene rings is 1. The summed E-state index contributed by atoms with van der Waals surface area (Å²) in [5.41, 5.74) is -2.16. The minimum atomic E-state index is -4.74. The standard InChI is InChI=1S/C12H8F3NO3/c1-19-11(18)10-7(12(13,14)15)5-6-3-2-4-8(17)9(6)16-10/h2-5,17H,1H3. The van der Waals surface area contributed by atoms with Crippen LogP contribution in [0.15, 0.2) is 24.3 Å². The summed E-state index contributed by atoms with van der Waals surface area (Å²) in [6.07, 6.45) is -4.74. The first-order valence-corrected chi connectivity index (χ1v) is 5.13. The van der Waals surface area contributed by atoms with Gasteiger partial charge >= 0.3 is 12.1 Å². The molecule has 0 amide bonds.